The Hall–Kier alpha value is -1.95. The van der Waals surface area contributed by atoms with Gasteiger partial charge in [0.15, 0.2) is 0 Å². The molecule has 110 valence electrons. The number of phenolic OH excluding ortho intramolecular Hbond substituents is 1. The average molecular weight is 307 g/mol. The SMILES string of the molecule is CCOC(=O)C1CCc2sc(-c3cc(O)cc(F)c3)nc21. The fourth-order valence-electron chi connectivity index (χ4n) is 2.52. The summed E-state index contributed by atoms with van der Waals surface area (Å²) in [4.78, 5) is 17.4. The molecule has 1 aromatic heterocycles. The lowest BCUT2D eigenvalue weighted by molar-refractivity contribution is -0.145. The highest BCUT2D eigenvalue weighted by molar-refractivity contribution is 7.15. The number of carbonyl (C=O) groups is 1. The predicted molar refractivity (Wildman–Crippen MR) is 76.9 cm³/mol. The van der Waals surface area contributed by atoms with Crippen LogP contribution in [0.15, 0.2) is 18.2 Å². The average Bonchev–Trinajstić information content (AvgIpc) is 2.96. The van der Waals surface area contributed by atoms with Gasteiger partial charge >= 0.3 is 5.97 Å². The number of benzene rings is 1. The zero-order valence-corrected chi connectivity index (χ0v) is 12.2. The summed E-state index contributed by atoms with van der Waals surface area (Å²) in [5.74, 6) is -1.23. The molecule has 21 heavy (non-hydrogen) atoms. The van der Waals surface area contributed by atoms with Crippen molar-refractivity contribution in [2.45, 2.75) is 25.7 Å². The lowest BCUT2D eigenvalue weighted by atomic mass is 10.1. The van der Waals surface area contributed by atoms with Gasteiger partial charge in [-0.25, -0.2) is 9.37 Å². The third-order valence-electron chi connectivity index (χ3n) is 3.42. The molecule has 0 saturated heterocycles. The van der Waals surface area contributed by atoms with Crippen LogP contribution in [0.5, 0.6) is 5.75 Å². The number of nitrogens with zero attached hydrogens (tertiary/aromatic N) is 1. The molecule has 0 bridgehead atoms. The lowest BCUT2D eigenvalue weighted by Gasteiger charge is -2.07. The van der Waals surface area contributed by atoms with Gasteiger partial charge in [0.25, 0.3) is 0 Å². The van der Waals surface area contributed by atoms with Crippen LogP contribution in [-0.4, -0.2) is 22.7 Å². The monoisotopic (exact) mass is 307 g/mol. The molecule has 0 fully saturated rings. The molecule has 1 aliphatic carbocycles. The van der Waals surface area contributed by atoms with Gasteiger partial charge in [-0.1, -0.05) is 0 Å². The van der Waals surface area contributed by atoms with E-state index < -0.39 is 5.82 Å². The van der Waals surface area contributed by atoms with E-state index in [4.69, 9.17) is 4.74 Å². The molecule has 3 rings (SSSR count). The molecule has 1 N–H and O–H groups in total. The summed E-state index contributed by atoms with van der Waals surface area (Å²) in [6, 6.07) is 3.84. The summed E-state index contributed by atoms with van der Waals surface area (Å²) in [7, 11) is 0. The van der Waals surface area contributed by atoms with E-state index in [1.165, 1.54) is 23.5 Å². The molecule has 1 aliphatic rings. The molecule has 0 saturated carbocycles. The Balaban J connectivity index is 1.94. The van der Waals surface area contributed by atoms with Crippen LogP contribution in [0.3, 0.4) is 0 Å². The number of aryl methyl sites for hydroxylation is 1. The molecule has 0 spiro atoms. The number of hydrogen-bond donors (Lipinski definition) is 1. The van der Waals surface area contributed by atoms with Gasteiger partial charge in [-0.3, -0.25) is 4.79 Å². The van der Waals surface area contributed by atoms with Crippen molar-refractivity contribution in [3.05, 3.63) is 34.6 Å². The summed E-state index contributed by atoms with van der Waals surface area (Å²) in [6.45, 7) is 2.12. The Morgan fingerprint density at radius 2 is 2.33 bits per heavy atom. The second kappa shape index (κ2) is 5.44. The number of rotatable bonds is 3. The highest BCUT2D eigenvalue weighted by atomic mass is 32.1. The first kappa shape index (κ1) is 14.0. The summed E-state index contributed by atoms with van der Waals surface area (Å²) >= 11 is 1.44. The molecule has 0 radical (unpaired) electrons. The van der Waals surface area contributed by atoms with Crippen molar-refractivity contribution in [1.82, 2.24) is 4.98 Å². The Labute approximate surface area is 125 Å². The van der Waals surface area contributed by atoms with Crippen LogP contribution in [0.4, 0.5) is 4.39 Å². The first-order chi connectivity index (χ1) is 10.1. The van der Waals surface area contributed by atoms with Gasteiger partial charge in [-0.2, -0.15) is 0 Å². The second-order valence-electron chi connectivity index (χ2n) is 4.87. The van der Waals surface area contributed by atoms with E-state index in [1.54, 1.807) is 6.92 Å². The largest absolute Gasteiger partial charge is 0.508 e. The number of aromatic hydroxyl groups is 1. The zero-order chi connectivity index (χ0) is 15.0. The second-order valence-corrected chi connectivity index (χ2v) is 5.95. The maximum Gasteiger partial charge on any atom is 0.315 e. The number of carbonyl (C=O) groups excluding carboxylic acids is 1. The number of aromatic nitrogens is 1. The predicted octanol–water partition coefficient (Wildman–Crippen LogP) is 3.25. The van der Waals surface area contributed by atoms with Crippen molar-refractivity contribution in [2.75, 3.05) is 6.61 Å². The third kappa shape index (κ3) is 2.63. The number of fused-ring (bicyclic) bond motifs is 1. The van der Waals surface area contributed by atoms with E-state index in [2.05, 4.69) is 4.98 Å². The minimum atomic E-state index is -0.512. The Bertz CT molecular complexity index is 678. The van der Waals surface area contributed by atoms with Crippen molar-refractivity contribution < 1.29 is 19.0 Å². The number of ether oxygens (including phenoxy) is 1. The number of phenols is 1. The Morgan fingerprint density at radius 1 is 1.52 bits per heavy atom. The molecule has 2 aromatic rings. The quantitative estimate of drug-likeness (QED) is 0.884. The Morgan fingerprint density at radius 3 is 3.05 bits per heavy atom. The van der Waals surface area contributed by atoms with Gasteiger partial charge in [-0.15, -0.1) is 11.3 Å². The molecule has 1 unspecified atom stereocenters. The molecule has 1 heterocycles. The van der Waals surface area contributed by atoms with Crippen LogP contribution in [-0.2, 0) is 16.0 Å². The van der Waals surface area contributed by atoms with E-state index >= 15 is 0 Å². The van der Waals surface area contributed by atoms with Gasteiger partial charge in [0.05, 0.1) is 12.3 Å². The van der Waals surface area contributed by atoms with Crippen molar-refractivity contribution in [1.29, 1.82) is 0 Å². The number of hydrogen-bond acceptors (Lipinski definition) is 5. The molecule has 1 atom stereocenters. The van der Waals surface area contributed by atoms with Gasteiger partial charge in [0.2, 0.25) is 0 Å². The van der Waals surface area contributed by atoms with E-state index in [1.807, 2.05) is 0 Å². The fourth-order valence-corrected chi connectivity index (χ4v) is 3.65. The van der Waals surface area contributed by atoms with E-state index in [0.717, 1.165) is 23.1 Å². The van der Waals surface area contributed by atoms with E-state index in [0.29, 0.717) is 23.6 Å². The maximum atomic E-state index is 13.4. The van der Waals surface area contributed by atoms with Crippen molar-refractivity contribution >= 4 is 17.3 Å². The van der Waals surface area contributed by atoms with Crippen LogP contribution in [0.1, 0.15) is 29.8 Å². The van der Waals surface area contributed by atoms with E-state index in [-0.39, 0.29) is 17.6 Å². The number of esters is 1. The highest BCUT2D eigenvalue weighted by Gasteiger charge is 2.33. The molecule has 0 amide bonds. The minimum Gasteiger partial charge on any atom is -0.508 e. The lowest BCUT2D eigenvalue weighted by Crippen LogP contribution is -2.14. The first-order valence-corrected chi connectivity index (χ1v) is 7.56. The topological polar surface area (TPSA) is 59.4 Å². The Kier molecular flexibility index (Phi) is 3.63. The summed E-state index contributed by atoms with van der Waals surface area (Å²) in [5.41, 5.74) is 1.26. The van der Waals surface area contributed by atoms with Crippen LogP contribution in [0.25, 0.3) is 10.6 Å². The van der Waals surface area contributed by atoms with Gasteiger partial charge in [0.1, 0.15) is 22.5 Å². The van der Waals surface area contributed by atoms with Gasteiger partial charge < -0.3 is 9.84 Å². The first-order valence-electron chi connectivity index (χ1n) is 6.74. The third-order valence-corrected chi connectivity index (χ3v) is 4.60. The smallest absolute Gasteiger partial charge is 0.315 e. The van der Waals surface area contributed by atoms with Crippen molar-refractivity contribution in [3.8, 4) is 16.3 Å². The molecule has 1 aromatic carbocycles. The van der Waals surface area contributed by atoms with Crippen molar-refractivity contribution in [3.63, 3.8) is 0 Å². The highest BCUT2D eigenvalue weighted by Crippen LogP contribution is 2.40. The molecular formula is C15H14FNO3S. The molecule has 0 aliphatic heterocycles. The molecule has 4 nitrogen and oxygen atoms in total. The van der Waals surface area contributed by atoms with Gasteiger partial charge in [-0.05, 0) is 31.9 Å². The van der Waals surface area contributed by atoms with Crippen LogP contribution < -0.4 is 0 Å². The van der Waals surface area contributed by atoms with Crippen molar-refractivity contribution in [2.24, 2.45) is 0 Å². The summed E-state index contributed by atoms with van der Waals surface area (Å²) < 4.78 is 18.4. The number of halogens is 1. The zero-order valence-electron chi connectivity index (χ0n) is 11.4. The summed E-state index contributed by atoms with van der Waals surface area (Å²) in [5, 5.41) is 10.1. The fraction of sp³-hybridized carbons (Fsp3) is 0.333. The van der Waals surface area contributed by atoms with Crippen LogP contribution in [0, 0.1) is 5.82 Å². The van der Waals surface area contributed by atoms with E-state index in [9.17, 15) is 14.3 Å². The normalized spacial score (nSPS) is 16.8. The standard InChI is InChI=1S/C15H14FNO3S/c1-2-20-15(19)11-3-4-12-13(11)17-14(21-12)8-5-9(16)7-10(18)6-8/h5-7,11,18H,2-4H2,1H3. The van der Waals surface area contributed by atoms with Crippen LogP contribution in [0.2, 0.25) is 0 Å². The molecule has 6 heteroatoms. The van der Waals surface area contributed by atoms with Gasteiger partial charge in [0, 0.05) is 16.5 Å². The summed E-state index contributed by atoms with van der Waals surface area (Å²) in [6.07, 6.45) is 1.49. The number of thiazole rings is 1. The minimum absolute atomic E-state index is 0.137. The molecular weight excluding hydrogens is 293 g/mol. The van der Waals surface area contributed by atoms with Crippen LogP contribution >= 0.6 is 11.3 Å². The maximum absolute atomic E-state index is 13.4.